The van der Waals surface area contributed by atoms with Crippen molar-refractivity contribution in [3.8, 4) is 0 Å². The summed E-state index contributed by atoms with van der Waals surface area (Å²) >= 11 is 0. The van der Waals surface area contributed by atoms with Crippen molar-refractivity contribution in [3.05, 3.63) is 65.0 Å². The Labute approximate surface area is 227 Å². The van der Waals surface area contributed by atoms with Crippen molar-refractivity contribution in [2.75, 3.05) is 0 Å². The van der Waals surface area contributed by atoms with Gasteiger partial charge in [0.1, 0.15) is 10.6 Å². The van der Waals surface area contributed by atoms with Gasteiger partial charge in [-0.15, -0.1) is 0 Å². The molecule has 2 fully saturated rings. The van der Waals surface area contributed by atoms with Crippen LogP contribution in [0.2, 0.25) is 0 Å². The Balaban J connectivity index is 1.56. The number of carbonyl (C=O) groups is 2. The molecule has 40 heavy (non-hydrogen) atoms. The lowest BCUT2D eigenvalue weighted by atomic mass is 9.72. The van der Waals surface area contributed by atoms with E-state index in [-0.39, 0.29) is 60.6 Å². The summed E-state index contributed by atoms with van der Waals surface area (Å²) in [6.45, 7) is 0.413. The summed E-state index contributed by atoms with van der Waals surface area (Å²) in [5.41, 5.74) is -3.82. The van der Waals surface area contributed by atoms with Crippen LogP contribution in [0.5, 0.6) is 0 Å². The van der Waals surface area contributed by atoms with E-state index < -0.39 is 67.4 Å². The summed E-state index contributed by atoms with van der Waals surface area (Å²) in [5, 5.41) is 12.0. The van der Waals surface area contributed by atoms with Gasteiger partial charge >= 0.3 is 12.1 Å². The van der Waals surface area contributed by atoms with E-state index in [0.717, 1.165) is 36.4 Å². The summed E-state index contributed by atoms with van der Waals surface area (Å²) in [5.74, 6) is -4.07. The number of aliphatic carboxylic acids is 1. The Bertz CT molecular complexity index is 1450. The molecule has 6 nitrogen and oxygen atoms in total. The molecule has 0 aliphatic heterocycles. The SMILES string of the molecule is CC(F)(c1ccc2c(c1)CC[C@H]1[C@H](C(=O)NC3CC(C(=O)O)C3)CC[C@@]21S(=O)(=O)c1ccc(F)cc1)C(F)(F)F. The molecule has 1 amide bonds. The maximum absolute atomic E-state index is 14.8. The number of fused-ring (bicyclic) bond motifs is 3. The Kier molecular flexibility index (Phi) is 6.79. The molecular formula is C28H28F5NO5S. The fraction of sp³-hybridized carbons (Fsp3) is 0.500. The van der Waals surface area contributed by atoms with Gasteiger partial charge in [-0.25, -0.2) is 17.2 Å². The van der Waals surface area contributed by atoms with Crippen molar-refractivity contribution in [3.63, 3.8) is 0 Å². The zero-order valence-corrected chi connectivity index (χ0v) is 22.3. The first-order valence-electron chi connectivity index (χ1n) is 13.0. The number of benzene rings is 2. The molecule has 2 N–H and O–H groups in total. The van der Waals surface area contributed by atoms with Crippen molar-refractivity contribution in [1.29, 1.82) is 0 Å². The van der Waals surface area contributed by atoms with Crippen molar-refractivity contribution in [2.45, 2.75) is 73.0 Å². The monoisotopic (exact) mass is 585 g/mol. The summed E-state index contributed by atoms with van der Waals surface area (Å²) < 4.78 is 95.8. The van der Waals surface area contributed by atoms with Gasteiger partial charge in [0, 0.05) is 12.0 Å². The zero-order chi connectivity index (χ0) is 29.3. The van der Waals surface area contributed by atoms with Crippen LogP contribution in [-0.2, 0) is 36.3 Å². The Morgan fingerprint density at radius 3 is 2.27 bits per heavy atom. The van der Waals surface area contributed by atoms with E-state index in [0.29, 0.717) is 6.92 Å². The lowest BCUT2D eigenvalue weighted by Crippen LogP contribution is -2.51. The van der Waals surface area contributed by atoms with Gasteiger partial charge in [-0.1, -0.05) is 18.2 Å². The third kappa shape index (κ3) is 4.29. The minimum atomic E-state index is -5.19. The predicted molar refractivity (Wildman–Crippen MR) is 133 cm³/mol. The molecule has 5 rings (SSSR count). The van der Waals surface area contributed by atoms with E-state index in [1.807, 2.05) is 0 Å². The highest BCUT2D eigenvalue weighted by molar-refractivity contribution is 7.92. The normalized spacial score (nSPS) is 29.4. The lowest BCUT2D eigenvalue weighted by molar-refractivity contribution is -0.228. The summed E-state index contributed by atoms with van der Waals surface area (Å²) in [6, 6.07) is 7.13. The average molecular weight is 586 g/mol. The molecule has 3 aliphatic rings. The molecule has 1 unspecified atom stereocenters. The van der Waals surface area contributed by atoms with Gasteiger partial charge in [0.25, 0.3) is 0 Å². The Morgan fingerprint density at radius 1 is 1.02 bits per heavy atom. The molecular weight excluding hydrogens is 557 g/mol. The van der Waals surface area contributed by atoms with E-state index in [9.17, 15) is 40.0 Å². The number of alkyl halides is 4. The number of hydrogen-bond acceptors (Lipinski definition) is 4. The number of carboxylic acids is 1. The van der Waals surface area contributed by atoms with Crippen molar-refractivity contribution in [2.24, 2.45) is 17.8 Å². The second-order valence-electron chi connectivity index (χ2n) is 11.2. The number of nitrogens with one attached hydrogen (secondary N) is 1. The Hall–Kier alpha value is -3.02. The predicted octanol–water partition coefficient (Wildman–Crippen LogP) is 5.19. The first-order valence-corrected chi connectivity index (χ1v) is 14.5. The van der Waals surface area contributed by atoms with Crippen molar-refractivity contribution < 1.29 is 45.1 Å². The number of carbonyl (C=O) groups excluding carboxylic acids is 1. The number of aryl methyl sites for hydroxylation is 1. The highest BCUT2D eigenvalue weighted by Crippen LogP contribution is 2.59. The first-order chi connectivity index (χ1) is 18.6. The van der Waals surface area contributed by atoms with Gasteiger partial charge in [0.2, 0.25) is 11.6 Å². The Morgan fingerprint density at radius 2 is 1.68 bits per heavy atom. The zero-order valence-electron chi connectivity index (χ0n) is 21.5. The molecule has 0 saturated heterocycles. The second kappa shape index (κ2) is 9.53. The molecule has 4 atom stereocenters. The number of rotatable bonds is 6. The molecule has 0 aromatic heterocycles. The molecule has 0 bridgehead atoms. The van der Waals surface area contributed by atoms with Gasteiger partial charge < -0.3 is 10.4 Å². The van der Waals surface area contributed by atoms with Crippen LogP contribution in [0.4, 0.5) is 22.0 Å². The molecule has 2 saturated carbocycles. The van der Waals surface area contributed by atoms with Gasteiger partial charge in [0.15, 0.2) is 9.84 Å². The number of sulfone groups is 1. The van der Waals surface area contributed by atoms with Crippen LogP contribution in [0.1, 0.15) is 55.7 Å². The molecule has 2 aromatic rings. The van der Waals surface area contributed by atoms with Crippen molar-refractivity contribution >= 4 is 21.7 Å². The molecule has 216 valence electrons. The fourth-order valence-corrected chi connectivity index (χ4v) is 9.16. The molecule has 3 aliphatic carbocycles. The van der Waals surface area contributed by atoms with E-state index in [2.05, 4.69) is 5.32 Å². The topological polar surface area (TPSA) is 101 Å². The van der Waals surface area contributed by atoms with Gasteiger partial charge in [-0.05, 0) is 92.3 Å². The molecule has 0 heterocycles. The minimum absolute atomic E-state index is 0.0175. The number of carboxylic acid groups (broad SMARTS) is 1. The number of halogens is 5. The second-order valence-corrected chi connectivity index (χ2v) is 13.4. The number of amides is 1. The van der Waals surface area contributed by atoms with E-state index in [1.165, 1.54) is 6.07 Å². The maximum Gasteiger partial charge on any atom is 0.426 e. The summed E-state index contributed by atoms with van der Waals surface area (Å²) in [7, 11) is -4.31. The van der Waals surface area contributed by atoms with Crippen LogP contribution < -0.4 is 5.32 Å². The van der Waals surface area contributed by atoms with E-state index in [4.69, 9.17) is 5.11 Å². The van der Waals surface area contributed by atoms with E-state index in [1.54, 1.807) is 0 Å². The van der Waals surface area contributed by atoms with Gasteiger partial charge in [-0.3, -0.25) is 9.59 Å². The maximum atomic E-state index is 14.8. The fourth-order valence-electron chi connectivity index (χ4n) is 6.69. The highest BCUT2D eigenvalue weighted by atomic mass is 32.2. The largest absolute Gasteiger partial charge is 0.481 e. The minimum Gasteiger partial charge on any atom is -0.481 e. The van der Waals surface area contributed by atoms with Crippen molar-refractivity contribution in [1.82, 2.24) is 5.32 Å². The van der Waals surface area contributed by atoms with Crippen LogP contribution in [0.15, 0.2) is 47.4 Å². The molecule has 12 heteroatoms. The van der Waals surface area contributed by atoms with Crippen LogP contribution in [0, 0.1) is 23.6 Å². The lowest BCUT2D eigenvalue weighted by Gasteiger charge is -2.43. The third-order valence-corrected chi connectivity index (χ3v) is 11.6. The highest BCUT2D eigenvalue weighted by Gasteiger charge is 2.62. The smallest absolute Gasteiger partial charge is 0.426 e. The molecule has 0 radical (unpaired) electrons. The summed E-state index contributed by atoms with van der Waals surface area (Å²) in [4.78, 5) is 24.3. The van der Waals surface area contributed by atoms with E-state index >= 15 is 0 Å². The third-order valence-electron chi connectivity index (χ3n) is 9.05. The van der Waals surface area contributed by atoms with Crippen LogP contribution in [0.3, 0.4) is 0 Å². The quantitative estimate of drug-likeness (QED) is 0.359. The first kappa shape index (κ1) is 28.5. The van der Waals surface area contributed by atoms with Crippen LogP contribution in [0.25, 0.3) is 0 Å². The summed E-state index contributed by atoms with van der Waals surface area (Å²) in [6.07, 6.45) is -4.22. The van der Waals surface area contributed by atoms with Crippen LogP contribution in [-0.4, -0.2) is 37.6 Å². The standard InChI is InChI=1S/C28H28F5NO5S/c1-26(30,28(31,32)33)17-3-9-22-15(12-17)2-8-23-21(24(35)34-19-13-16(14-19)25(36)37)10-11-27(22,23)40(38,39)20-6-4-18(29)5-7-20/h3-7,9,12,16,19,21,23H,2,8,10-11,13-14H2,1H3,(H,34,35)(H,36,37)/t16?,19?,21-,23+,26?,27-/m1/s1. The molecule has 2 aromatic carbocycles. The van der Waals surface area contributed by atoms with Crippen LogP contribution >= 0.6 is 0 Å². The van der Waals surface area contributed by atoms with Gasteiger partial charge in [-0.2, -0.15) is 13.2 Å². The van der Waals surface area contributed by atoms with Gasteiger partial charge in [0.05, 0.1) is 10.8 Å². The number of hydrogen-bond donors (Lipinski definition) is 2. The molecule has 0 spiro atoms. The average Bonchev–Trinajstić information content (AvgIpc) is 3.26.